The predicted octanol–water partition coefficient (Wildman–Crippen LogP) is 4.62. The van der Waals surface area contributed by atoms with E-state index in [1.54, 1.807) is 13.2 Å². The molecule has 122 valence electrons. The maximum atomic E-state index is 13.5. The van der Waals surface area contributed by atoms with Crippen molar-refractivity contribution in [3.63, 3.8) is 0 Å². The van der Waals surface area contributed by atoms with Gasteiger partial charge in [0.05, 0.1) is 5.60 Å². The monoisotopic (exact) mass is 333 g/mol. The van der Waals surface area contributed by atoms with Crippen LogP contribution in [0.3, 0.4) is 0 Å². The van der Waals surface area contributed by atoms with Crippen molar-refractivity contribution >= 4 is 11.6 Å². The Bertz CT molecular complexity index is 633. The molecule has 0 bridgehead atoms. The van der Waals surface area contributed by atoms with Crippen LogP contribution in [0.4, 0.5) is 4.39 Å². The highest BCUT2D eigenvalue weighted by Gasteiger charge is 2.36. The number of rotatable bonds is 4. The molecule has 1 aliphatic heterocycles. The lowest BCUT2D eigenvalue weighted by Gasteiger charge is -2.41. The Kier molecular flexibility index (Phi) is 5.00. The van der Waals surface area contributed by atoms with Crippen molar-refractivity contribution in [2.24, 2.45) is 0 Å². The van der Waals surface area contributed by atoms with Gasteiger partial charge in [-0.15, -0.1) is 0 Å². The summed E-state index contributed by atoms with van der Waals surface area (Å²) in [6.45, 7) is 2.54. The molecule has 0 saturated carbocycles. The molecule has 2 nitrogen and oxygen atoms in total. The molecule has 1 heterocycles. The number of piperidine rings is 1. The second kappa shape index (κ2) is 7.00. The Hall–Kier alpha value is -1.42. The number of nitrogens with zero attached hydrogens (tertiary/aromatic N) is 1. The Balaban J connectivity index is 1.68. The molecule has 2 aromatic carbocycles. The van der Waals surface area contributed by atoms with Gasteiger partial charge >= 0.3 is 0 Å². The van der Waals surface area contributed by atoms with Gasteiger partial charge in [0, 0.05) is 31.8 Å². The summed E-state index contributed by atoms with van der Waals surface area (Å²) < 4.78 is 19.4. The van der Waals surface area contributed by atoms with Gasteiger partial charge < -0.3 is 4.74 Å². The number of hydrogen-bond acceptors (Lipinski definition) is 2. The molecule has 0 spiro atoms. The Labute approximate surface area is 141 Å². The number of methoxy groups -OCH3 is 1. The molecule has 0 atom stereocenters. The van der Waals surface area contributed by atoms with Gasteiger partial charge in [0.25, 0.3) is 0 Å². The van der Waals surface area contributed by atoms with Gasteiger partial charge in [-0.05, 0) is 42.2 Å². The fourth-order valence-corrected chi connectivity index (χ4v) is 3.63. The number of halogens is 2. The van der Waals surface area contributed by atoms with Gasteiger partial charge in [0.1, 0.15) is 5.82 Å². The third-order valence-corrected chi connectivity index (χ3v) is 4.90. The average molecular weight is 334 g/mol. The van der Waals surface area contributed by atoms with E-state index in [2.05, 4.69) is 29.2 Å². The van der Waals surface area contributed by atoms with E-state index in [0.29, 0.717) is 11.6 Å². The second-order valence-electron chi connectivity index (χ2n) is 6.12. The predicted molar refractivity (Wildman–Crippen MR) is 91.1 cm³/mol. The molecule has 2 aromatic rings. The van der Waals surface area contributed by atoms with E-state index in [-0.39, 0.29) is 11.4 Å². The molecule has 1 saturated heterocycles. The average Bonchev–Trinajstić information content (AvgIpc) is 2.56. The summed E-state index contributed by atoms with van der Waals surface area (Å²) in [5.41, 5.74) is 1.94. The van der Waals surface area contributed by atoms with E-state index >= 15 is 0 Å². The minimum atomic E-state index is -0.278. The van der Waals surface area contributed by atoms with E-state index < -0.39 is 0 Å². The molecule has 0 aliphatic carbocycles. The van der Waals surface area contributed by atoms with Gasteiger partial charge in [-0.1, -0.05) is 41.9 Å². The largest absolute Gasteiger partial charge is 0.373 e. The minimum Gasteiger partial charge on any atom is -0.373 e. The molecule has 0 unspecified atom stereocenters. The molecule has 4 heteroatoms. The SMILES string of the molecule is COC1(c2ccccc2)CCN(Cc2cc(F)cc(Cl)c2)CC1. The summed E-state index contributed by atoms with van der Waals surface area (Å²) in [6.07, 6.45) is 1.85. The second-order valence-corrected chi connectivity index (χ2v) is 6.55. The summed E-state index contributed by atoms with van der Waals surface area (Å²) in [5.74, 6) is -0.278. The van der Waals surface area contributed by atoms with E-state index in [0.717, 1.165) is 31.5 Å². The summed E-state index contributed by atoms with van der Waals surface area (Å²) in [6, 6.07) is 15.1. The molecular formula is C19H21ClFNO. The first-order valence-corrected chi connectivity index (χ1v) is 8.27. The van der Waals surface area contributed by atoms with Crippen LogP contribution in [-0.2, 0) is 16.9 Å². The fraction of sp³-hybridized carbons (Fsp3) is 0.368. The number of hydrogen-bond donors (Lipinski definition) is 0. The van der Waals surface area contributed by atoms with Crippen molar-refractivity contribution < 1.29 is 9.13 Å². The standard InChI is InChI=1S/C19H21ClFNO/c1-23-19(16-5-3-2-4-6-16)7-9-22(10-8-19)14-15-11-17(20)13-18(21)12-15/h2-6,11-13H,7-10,14H2,1H3. The maximum absolute atomic E-state index is 13.5. The smallest absolute Gasteiger partial charge is 0.125 e. The van der Waals surface area contributed by atoms with Gasteiger partial charge in [0.15, 0.2) is 0 Å². The number of likely N-dealkylation sites (tertiary alicyclic amines) is 1. The van der Waals surface area contributed by atoms with Gasteiger partial charge in [-0.2, -0.15) is 0 Å². The molecule has 1 fully saturated rings. The van der Waals surface area contributed by atoms with Crippen LogP contribution in [-0.4, -0.2) is 25.1 Å². The van der Waals surface area contributed by atoms with Crippen molar-refractivity contribution in [2.45, 2.75) is 25.0 Å². The highest BCUT2D eigenvalue weighted by atomic mass is 35.5. The molecule has 3 rings (SSSR count). The van der Waals surface area contributed by atoms with Crippen LogP contribution in [0.25, 0.3) is 0 Å². The number of ether oxygens (including phenoxy) is 1. The van der Waals surface area contributed by atoms with Gasteiger partial charge in [-0.25, -0.2) is 4.39 Å². The van der Waals surface area contributed by atoms with Gasteiger partial charge in [0.2, 0.25) is 0 Å². The zero-order chi connectivity index (χ0) is 16.3. The van der Waals surface area contributed by atoms with E-state index in [1.807, 2.05) is 12.1 Å². The Morgan fingerprint density at radius 1 is 1.13 bits per heavy atom. The van der Waals surface area contributed by atoms with Crippen LogP contribution in [0, 0.1) is 5.82 Å². The van der Waals surface area contributed by atoms with Crippen LogP contribution < -0.4 is 0 Å². The zero-order valence-corrected chi connectivity index (χ0v) is 14.0. The molecule has 23 heavy (non-hydrogen) atoms. The van der Waals surface area contributed by atoms with E-state index in [9.17, 15) is 4.39 Å². The maximum Gasteiger partial charge on any atom is 0.125 e. The van der Waals surface area contributed by atoms with E-state index in [1.165, 1.54) is 11.6 Å². The molecule has 0 N–H and O–H groups in total. The third-order valence-electron chi connectivity index (χ3n) is 4.68. The van der Waals surface area contributed by atoms with Crippen molar-refractivity contribution in [3.8, 4) is 0 Å². The van der Waals surface area contributed by atoms with Crippen molar-refractivity contribution in [3.05, 3.63) is 70.5 Å². The quantitative estimate of drug-likeness (QED) is 0.809. The van der Waals surface area contributed by atoms with Gasteiger partial charge in [-0.3, -0.25) is 4.90 Å². The number of benzene rings is 2. The lowest BCUT2D eigenvalue weighted by atomic mass is 9.84. The van der Waals surface area contributed by atoms with Crippen LogP contribution in [0.1, 0.15) is 24.0 Å². The molecule has 0 amide bonds. The summed E-state index contributed by atoms with van der Waals surface area (Å²) in [7, 11) is 1.79. The highest BCUT2D eigenvalue weighted by Crippen LogP contribution is 2.36. The van der Waals surface area contributed by atoms with Crippen LogP contribution >= 0.6 is 11.6 Å². The fourth-order valence-electron chi connectivity index (χ4n) is 3.39. The Morgan fingerprint density at radius 3 is 2.43 bits per heavy atom. The topological polar surface area (TPSA) is 12.5 Å². The Morgan fingerprint density at radius 2 is 1.83 bits per heavy atom. The molecule has 1 aliphatic rings. The lowest BCUT2D eigenvalue weighted by Crippen LogP contribution is -2.43. The summed E-state index contributed by atoms with van der Waals surface area (Å²) >= 11 is 5.94. The zero-order valence-electron chi connectivity index (χ0n) is 13.3. The van der Waals surface area contributed by atoms with Crippen molar-refractivity contribution in [1.29, 1.82) is 0 Å². The summed E-state index contributed by atoms with van der Waals surface area (Å²) in [5, 5.41) is 0.451. The highest BCUT2D eigenvalue weighted by molar-refractivity contribution is 6.30. The minimum absolute atomic E-state index is 0.211. The first-order valence-electron chi connectivity index (χ1n) is 7.89. The summed E-state index contributed by atoms with van der Waals surface area (Å²) in [4.78, 5) is 2.32. The first kappa shape index (κ1) is 16.4. The van der Waals surface area contributed by atoms with Crippen LogP contribution in [0.5, 0.6) is 0 Å². The van der Waals surface area contributed by atoms with Crippen molar-refractivity contribution in [2.75, 3.05) is 20.2 Å². The van der Waals surface area contributed by atoms with Crippen LogP contribution in [0.2, 0.25) is 5.02 Å². The van der Waals surface area contributed by atoms with E-state index in [4.69, 9.17) is 16.3 Å². The molecule has 0 aromatic heterocycles. The molecule has 0 radical (unpaired) electrons. The lowest BCUT2D eigenvalue weighted by molar-refractivity contribution is -0.0637. The molecular weight excluding hydrogens is 313 g/mol. The van der Waals surface area contributed by atoms with Crippen LogP contribution in [0.15, 0.2) is 48.5 Å². The van der Waals surface area contributed by atoms with Crippen molar-refractivity contribution in [1.82, 2.24) is 4.90 Å². The first-order chi connectivity index (χ1) is 11.1. The normalized spacial score (nSPS) is 18.0. The third kappa shape index (κ3) is 3.74.